The van der Waals surface area contributed by atoms with Crippen LogP contribution >= 0.6 is 0 Å². The van der Waals surface area contributed by atoms with Gasteiger partial charge >= 0.3 is 17.9 Å². The van der Waals surface area contributed by atoms with E-state index in [-0.39, 0.29) is 17.1 Å². The second kappa shape index (κ2) is 12.1. The Balaban J connectivity index is 2.02. The normalized spacial score (nSPS) is 18.4. The highest BCUT2D eigenvalue weighted by Gasteiger charge is 2.47. The van der Waals surface area contributed by atoms with Crippen molar-refractivity contribution in [3.8, 4) is 0 Å². The number of benzene rings is 2. The molecule has 0 bridgehead atoms. The number of hydrogen-bond donors (Lipinski definition) is 1. The molecule has 0 aliphatic carbocycles. The molecule has 2 atom stereocenters. The molecule has 0 amide bonds. The summed E-state index contributed by atoms with van der Waals surface area (Å²) in [6, 6.07) is 14.0. The lowest BCUT2D eigenvalue weighted by Crippen LogP contribution is -2.47. The third-order valence-electron chi connectivity index (χ3n) is 6.84. The van der Waals surface area contributed by atoms with Gasteiger partial charge in [-0.2, -0.15) is 4.31 Å². The third-order valence-corrected chi connectivity index (χ3v) is 8.74. The maximum Gasteiger partial charge on any atom is 0.326 e. The van der Waals surface area contributed by atoms with Crippen LogP contribution in [0.25, 0.3) is 10.9 Å². The summed E-state index contributed by atoms with van der Waals surface area (Å²) in [5.74, 6) is -3.87. The Morgan fingerprint density at radius 2 is 1.44 bits per heavy atom. The van der Waals surface area contributed by atoms with Crippen molar-refractivity contribution in [1.82, 2.24) is 9.29 Å². The highest BCUT2D eigenvalue weighted by atomic mass is 32.2. The van der Waals surface area contributed by atoms with Crippen molar-refractivity contribution in [3.05, 3.63) is 65.9 Å². The Labute approximate surface area is 252 Å². The topological polar surface area (TPSA) is 132 Å². The van der Waals surface area contributed by atoms with Gasteiger partial charge in [-0.3, -0.25) is 14.4 Å². The summed E-state index contributed by atoms with van der Waals surface area (Å²) in [4.78, 5) is 43.2. The molecule has 10 nitrogen and oxygen atoms in total. The van der Waals surface area contributed by atoms with Gasteiger partial charge in [0.15, 0.2) is 5.92 Å². The molecule has 1 fully saturated rings. The number of nitrogens with one attached hydrogen (secondary N) is 1. The van der Waals surface area contributed by atoms with Crippen LogP contribution in [0.1, 0.15) is 84.5 Å². The second-order valence-corrected chi connectivity index (χ2v) is 14.6. The van der Waals surface area contributed by atoms with Gasteiger partial charge in [-0.1, -0.05) is 36.4 Å². The van der Waals surface area contributed by atoms with Crippen LogP contribution < -0.4 is 0 Å². The van der Waals surface area contributed by atoms with Gasteiger partial charge in [-0.25, -0.2) is 8.42 Å². The average molecular weight is 613 g/mol. The largest absolute Gasteiger partial charge is 0.460 e. The summed E-state index contributed by atoms with van der Waals surface area (Å²) in [6.07, 6.45) is -0.103. The van der Waals surface area contributed by atoms with Crippen LogP contribution in [0, 0.1) is 0 Å². The van der Waals surface area contributed by atoms with E-state index in [0.29, 0.717) is 29.3 Å². The fourth-order valence-corrected chi connectivity index (χ4v) is 7.06. The lowest BCUT2D eigenvalue weighted by Gasteiger charge is -2.40. The van der Waals surface area contributed by atoms with Gasteiger partial charge in [-0.05, 0) is 72.6 Å². The first-order valence-corrected chi connectivity index (χ1v) is 15.7. The van der Waals surface area contributed by atoms with Gasteiger partial charge in [0.05, 0.1) is 10.9 Å². The molecule has 1 N–H and O–H groups in total. The second-order valence-electron chi connectivity index (χ2n) is 12.7. The molecular formula is C32H40N2O8S. The number of para-hydroxylation sites is 1. The summed E-state index contributed by atoms with van der Waals surface area (Å²) < 4.78 is 46.8. The number of piperidine rings is 1. The molecule has 0 spiro atoms. The van der Waals surface area contributed by atoms with Gasteiger partial charge in [0.1, 0.15) is 17.3 Å². The molecule has 3 aromatic rings. The number of carbonyl (C=O) groups excluding carboxylic acids is 3. The predicted molar refractivity (Wildman–Crippen MR) is 161 cm³/mol. The number of sulfonamides is 1. The van der Waals surface area contributed by atoms with Crippen molar-refractivity contribution in [2.45, 2.75) is 95.5 Å². The molecule has 0 unspecified atom stereocenters. The number of carbonyl (C=O) groups is 3. The van der Waals surface area contributed by atoms with Crippen LogP contribution in [0.15, 0.2) is 59.5 Å². The van der Waals surface area contributed by atoms with E-state index >= 15 is 0 Å². The molecule has 1 aliphatic heterocycles. The Kier molecular flexibility index (Phi) is 9.08. The fraction of sp³-hybridized carbons (Fsp3) is 0.469. The van der Waals surface area contributed by atoms with Crippen molar-refractivity contribution >= 4 is 38.8 Å². The molecule has 0 saturated carbocycles. The number of ether oxygens (including phenoxy) is 3. The quantitative estimate of drug-likeness (QED) is 0.213. The number of aromatic amines is 1. The number of nitrogens with zero attached hydrogens (tertiary/aromatic N) is 1. The fourth-order valence-electron chi connectivity index (χ4n) is 5.38. The minimum atomic E-state index is -4.12. The lowest BCUT2D eigenvalue weighted by atomic mass is 9.88. The number of hydrogen-bond acceptors (Lipinski definition) is 8. The maximum atomic E-state index is 14.2. The van der Waals surface area contributed by atoms with Gasteiger partial charge < -0.3 is 19.2 Å². The Morgan fingerprint density at radius 1 is 0.884 bits per heavy atom. The van der Waals surface area contributed by atoms with E-state index in [1.54, 1.807) is 84.0 Å². The van der Waals surface area contributed by atoms with Crippen LogP contribution in [0.4, 0.5) is 0 Å². The number of esters is 3. The van der Waals surface area contributed by atoms with E-state index in [4.69, 9.17) is 14.2 Å². The minimum Gasteiger partial charge on any atom is -0.460 e. The average Bonchev–Trinajstić information content (AvgIpc) is 3.25. The zero-order valence-corrected chi connectivity index (χ0v) is 26.5. The summed E-state index contributed by atoms with van der Waals surface area (Å²) in [6.45, 7) is 11.5. The Hall–Kier alpha value is -3.70. The maximum absolute atomic E-state index is 14.2. The highest BCUT2D eigenvalue weighted by Crippen LogP contribution is 2.44. The smallest absolute Gasteiger partial charge is 0.326 e. The first-order chi connectivity index (χ1) is 20.0. The molecule has 4 rings (SSSR count). The first kappa shape index (κ1) is 32.2. The standard InChI is InChI=1S/C32H40N2O8S/c1-20(35)40-24-18-13-19-34(43(38,39)21-14-9-8-10-15-21)28(24)25-22-16-11-12-17-23(22)33-27(25)26(29(36)41-31(2,3)4)30(37)42-32(5,6)7/h8-12,14-17,24,26,28,33H,13,18-19H2,1-7H3/t24-,28-/m0/s1. The van der Waals surface area contributed by atoms with Gasteiger partial charge in [0, 0.05) is 35.6 Å². The number of H-pyrrole nitrogens is 1. The Morgan fingerprint density at radius 3 is 2.00 bits per heavy atom. The number of fused-ring (bicyclic) bond motifs is 1. The Bertz CT molecular complexity index is 1570. The molecule has 43 heavy (non-hydrogen) atoms. The van der Waals surface area contributed by atoms with E-state index in [0.717, 1.165) is 0 Å². The minimum absolute atomic E-state index is 0.0701. The van der Waals surface area contributed by atoms with Gasteiger partial charge in [0.2, 0.25) is 10.0 Å². The van der Waals surface area contributed by atoms with E-state index < -0.39 is 57.2 Å². The summed E-state index contributed by atoms with van der Waals surface area (Å²) in [5, 5.41) is 0.576. The van der Waals surface area contributed by atoms with Crippen molar-refractivity contribution in [2.24, 2.45) is 0 Å². The molecule has 11 heteroatoms. The summed E-state index contributed by atoms with van der Waals surface area (Å²) >= 11 is 0. The molecule has 1 saturated heterocycles. The molecule has 0 radical (unpaired) electrons. The molecule has 2 heterocycles. The first-order valence-electron chi connectivity index (χ1n) is 14.3. The zero-order chi connectivity index (χ0) is 31.7. The van der Waals surface area contributed by atoms with E-state index in [9.17, 15) is 22.8 Å². The van der Waals surface area contributed by atoms with E-state index in [2.05, 4.69) is 4.98 Å². The predicted octanol–water partition coefficient (Wildman–Crippen LogP) is 5.39. The number of aromatic nitrogens is 1. The lowest BCUT2D eigenvalue weighted by molar-refractivity contribution is -0.170. The van der Waals surface area contributed by atoms with Gasteiger partial charge in [0.25, 0.3) is 0 Å². The van der Waals surface area contributed by atoms with Crippen molar-refractivity contribution in [3.63, 3.8) is 0 Å². The van der Waals surface area contributed by atoms with Crippen LogP contribution in [0.3, 0.4) is 0 Å². The SMILES string of the molecule is CC(=O)O[C@H]1CCCN(S(=O)(=O)c2ccccc2)[C@@H]1c1c(C(C(=O)OC(C)(C)C)C(=O)OC(C)(C)C)[nH]c2ccccc12. The molecule has 1 aromatic heterocycles. The highest BCUT2D eigenvalue weighted by molar-refractivity contribution is 7.89. The van der Waals surface area contributed by atoms with Crippen LogP contribution in [-0.2, 0) is 38.6 Å². The van der Waals surface area contributed by atoms with E-state index in [1.807, 2.05) is 0 Å². The molecule has 1 aliphatic rings. The monoisotopic (exact) mass is 612 g/mol. The number of rotatable bonds is 7. The van der Waals surface area contributed by atoms with Crippen molar-refractivity contribution in [2.75, 3.05) is 6.54 Å². The van der Waals surface area contributed by atoms with Crippen molar-refractivity contribution < 1.29 is 37.0 Å². The van der Waals surface area contributed by atoms with Crippen molar-refractivity contribution in [1.29, 1.82) is 0 Å². The third kappa shape index (κ3) is 7.27. The molecule has 232 valence electrons. The van der Waals surface area contributed by atoms with E-state index in [1.165, 1.54) is 23.4 Å². The summed E-state index contributed by atoms with van der Waals surface area (Å²) in [7, 11) is -4.12. The van der Waals surface area contributed by atoms with Crippen LogP contribution in [0.5, 0.6) is 0 Å². The van der Waals surface area contributed by atoms with Crippen LogP contribution in [-0.4, -0.2) is 59.5 Å². The van der Waals surface area contributed by atoms with Gasteiger partial charge in [-0.15, -0.1) is 0 Å². The molecule has 2 aromatic carbocycles. The summed E-state index contributed by atoms with van der Waals surface area (Å²) in [5.41, 5.74) is -0.826. The zero-order valence-electron chi connectivity index (χ0n) is 25.7. The molecular weight excluding hydrogens is 572 g/mol. The van der Waals surface area contributed by atoms with Crippen LogP contribution in [0.2, 0.25) is 0 Å².